The van der Waals surface area contributed by atoms with E-state index in [-0.39, 0.29) is 11.8 Å². The summed E-state index contributed by atoms with van der Waals surface area (Å²) in [5.41, 5.74) is 0.533. The molecule has 3 saturated carbocycles. The Morgan fingerprint density at radius 1 is 0.682 bits per heavy atom. The van der Waals surface area contributed by atoms with Gasteiger partial charge in [0.15, 0.2) is 0 Å². The third kappa shape index (κ3) is 3.32. The zero-order valence-corrected chi connectivity index (χ0v) is 14.7. The van der Waals surface area contributed by atoms with Crippen LogP contribution in [0, 0.1) is 0 Å². The molecule has 3 rings (SSSR count). The first-order chi connectivity index (χ1) is 10.6. The summed E-state index contributed by atoms with van der Waals surface area (Å²) in [6, 6.07) is 0. The van der Waals surface area contributed by atoms with Gasteiger partial charge in [-0.25, -0.2) is 0 Å². The molecular weight excluding hydrogens is 295 g/mol. The number of aliphatic hydroxyl groups is 2. The predicted octanol–water partition coefficient (Wildman–Crippen LogP) is 4.29. The fraction of sp³-hybridized carbons (Fsp3) is 1.00. The third-order valence-electron chi connectivity index (χ3n) is 6.56. The molecule has 4 heteroatoms. The molecule has 3 fully saturated rings. The second-order valence-corrected chi connectivity index (χ2v) is 11.6. The first-order valence-corrected chi connectivity index (χ1v) is 11.5. The minimum atomic E-state index is -2.45. The fourth-order valence-electron chi connectivity index (χ4n) is 5.35. The van der Waals surface area contributed by atoms with Gasteiger partial charge in [-0.2, -0.15) is 0 Å². The van der Waals surface area contributed by atoms with Crippen molar-refractivity contribution in [1.29, 1.82) is 0 Å². The largest absolute Gasteiger partial charge is 0.393 e. The van der Waals surface area contributed by atoms with Crippen LogP contribution in [-0.4, -0.2) is 39.4 Å². The van der Waals surface area contributed by atoms with Crippen LogP contribution in [0.5, 0.6) is 0 Å². The molecule has 0 aliphatic heterocycles. The SMILES string of the molecule is O=P(C1CCCCC1)(C1CCCCC1)C1CC(O)CCC1O. The molecule has 3 atom stereocenters. The van der Waals surface area contributed by atoms with Crippen LogP contribution in [0.2, 0.25) is 0 Å². The highest BCUT2D eigenvalue weighted by molar-refractivity contribution is 7.66. The Morgan fingerprint density at radius 2 is 1.18 bits per heavy atom. The van der Waals surface area contributed by atoms with Crippen LogP contribution in [0.25, 0.3) is 0 Å². The number of hydrogen-bond acceptors (Lipinski definition) is 3. The molecule has 22 heavy (non-hydrogen) atoms. The lowest BCUT2D eigenvalue weighted by atomic mass is 9.94. The van der Waals surface area contributed by atoms with Gasteiger partial charge in [-0.05, 0) is 44.9 Å². The third-order valence-corrected chi connectivity index (χ3v) is 11.5. The summed E-state index contributed by atoms with van der Waals surface area (Å²) in [6.45, 7) is 0. The van der Waals surface area contributed by atoms with Crippen LogP contribution in [-0.2, 0) is 4.57 Å². The summed E-state index contributed by atoms with van der Waals surface area (Å²) in [6.07, 6.45) is 12.8. The molecule has 2 N–H and O–H groups in total. The quantitative estimate of drug-likeness (QED) is 0.760. The van der Waals surface area contributed by atoms with Gasteiger partial charge in [-0.1, -0.05) is 38.5 Å². The van der Waals surface area contributed by atoms with E-state index in [1.54, 1.807) is 0 Å². The van der Waals surface area contributed by atoms with Crippen molar-refractivity contribution in [3.63, 3.8) is 0 Å². The minimum absolute atomic E-state index is 0.123. The van der Waals surface area contributed by atoms with Crippen molar-refractivity contribution < 1.29 is 14.8 Å². The first-order valence-electron chi connectivity index (χ1n) is 9.57. The summed E-state index contributed by atoms with van der Waals surface area (Å²) >= 11 is 0. The lowest BCUT2D eigenvalue weighted by Crippen LogP contribution is -2.41. The average molecular weight is 328 g/mol. The lowest BCUT2D eigenvalue weighted by molar-refractivity contribution is 0.0554. The van der Waals surface area contributed by atoms with E-state index in [0.717, 1.165) is 25.7 Å². The van der Waals surface area contributed by atoms with Crippen LogP contribution in [0.1, 0.15) is 83.5 Å². The molecule has 3 unspecified atom stereocenters. The number of aliphatic hydroxyl groups excluding tert-OH is 2. The smallest absolute Gasteiger partial charge is 0.0991 e. The van der Waals surface area contributed by atoms with Crippen molar-refractivity contribution in [3.05, 3.63) is 0 Å². The minimum Gasteiger partial charge on any atom is -0.393 e. The average Bonchev–Trinajstić information content (AvgIpc) is 2.58. The van der Waals surface area contributed by atoms with Gasteiger partial charge in [0.1, 0.15) is 0 Å². The molecule has 0 amide bonds. The van der Waals surface area contributed by atoms with Crippen molar-refractivity contribution in [1.82, 2.24) is 0 Å². The van der Waals surface area contributed by atoms with Crippen LogP contribution < -0.4 is 0 Å². The zero-order chi connectivity index (χ0) is 15.6. The zero-order valence-electron chi connectivity index (χ0n) is 13.8. The van der Waals surface area contributed by atoms with Gasteiger partial charge in [0.2, 0.25) is 0 Å². The molecule has 0 aromatic rings. The van der Waals surface area contributed by atoms with Crippen LogP contribution in [0.3, 0.4) is 0 Å². The Kier molecular flexibility index (Phi) is 5.69. The molecule has 3 aliphatic rings. The molecule has 0 aromatic carbocycles. The molecular formula is C18H33O3P. The van der Waals surface area contributed by atoms with Gasteiger partial charge >= 0.3 is 0 Å². The molecule has 3 nitrogen and oxygen atoms in total. The van der Waals surface area contributed by atoms with E-state index in [9.17, 15) is 14.8 Å². The van der Waals surface area contributed by atoms with Crippen LogP contribution >= 0.6 is 7.14 Å². The normalized spacial score (nSPS) is 36.4. The Bertz CT molecular complexity index is 377. The molecule has 128 valence electrons. The summed E-state index contributed by atoms with van der Waals surface area (Å²) < 4.78 is 14.4. The monoisotopic (exact) mass is 328 g/mol. The second kappa shape index (κ2) is 7.36. The molecule has 0 aromatic heterocycles. The number of rotatable bonds is 3. The van der Waals surface area contributed by atoms with Gasteiger partial charge in [0.25, 0.3) is 0 Å². The van der Waals surface area contributed by atoms with E-state index in [0.29, 0.717) is 30.6 Å². The molecule has 0 radical (unpaired) electrons. The maximum Gasteiger partial charge on any atom is 0.0991 e. The summed E-state index contributed by atoms with van der Waals surface area (Å²) in [5.74, 6) is 0. The Morgan fingerprint density at radius 3 is 1.68 bits per heavy atom. The van der Waals surface area contributed by atoms with E-state index in [2.05, 4.69) is 0 Å². The Balaban J connectivity index is 1.88. The van der Waals surface area contributed by atoms with Gasteiger partial charge in [0.05, 0.1) is 19.3 Å². The van der Waals surface area contributed by atoms with Gasteiger partial charge < -0.3 is 14.8 Å². The van der Waals surface area contributed by atoms with E-state index in [4.69, 9.17) is 0 Å². The van der Waals surface area contributed by atoms with E-state index in [1.165, 1.54) is 38.5 Å². The van der Waals surface area contributed by atoms with Crippen LogP contribution in [0.15, 0.2) is 0 Å². The highest BCUT2D eigenvalue weighted by Crippen LogP contribution is 2.68. The number of hydrogen-bond donors (Lipinski definition) is 2. The molecule has 0 spiro atoms. The maximum absolute atomic E-state index is 14.4. The summed E-state index contributed by atoms with van der Waals surface area (Å²) in [5, 5.41) is 20.7. The molecule has 3 aliphatic carbocycles. The topological polar surface area (TPSA) is 57.5 Å². The summed E-state index contributed by atoms with van der Waals surface area (Å²) in [7, 11) is -2.45. The standard InChI is InChI=1S/C18H33O3P/c19-14-11-12-17(20)18(13-14)22(21,15-7-3-1-4-8-15)16-9-5-2-6-10-16/h14-20H,1-13H2. The Hall–Kier alpha value is 0.150. The highest BCUT2D eigenvalue weighted by atomic mass is 31.2. The van der Waals surface area contributed by atoms with Gasteiger partial charge in [-0.3, -0.25) is 0 Å². The van der Waals surface area contributed by atoms with Crippen molar-refractivity contribution in [2.75, 3.05) is 0 Å². The predicted molar refractivity (Wildman–Crippen MR) is 91.0 cm³/mol. The molecule has 0 saturated heterocycles. The van der Waals surface area contributed by atoms with Crippen molar-refractivity contribution in [2.45, 2.75) is 113 Å². The van der Waals surface area contributed by atoms with Gasteiger partial charge in [-0.15, -0.1) is 0 Å². The van der Waals surface area contributed by atoms with Gasteiger partial charge in [0, 0.05) is 17.0 Å². The molecule has 0 bridgehead atoms. The van der Waals surface area contributed by atoms with E-state index < -0.39 is 13.2 Å². The highest BCUT2D eigenvalue weighted by Gasteiger charge is 2.50. The van der Waals surface area contributed by atoms with Crippen LogP contribution in [0.4, 0.5) is 0 Å². The summed E-state index contributed by atoms with van der Waals surface area (Å²) in [4.78, 5) is 0. The first kappa shape index (κ1) is 17.0. The fourth-order valence-corrected chi connectivity index (χ4v) is 10.6. The van der Waals surface area contributed by atoms with Crippen molar-refractivity contribution in [3.8, 4) is 0 Å². The second-order valence-electron chi connectivity index (χ2n) is 7.95. The molecule has 0 heterocycles. The van der Waals surface area contributed by atoms with Crippen molar-refractivity contribution >= 4 is 7.14 Å². The lowest BCUT2D eigenvalue weighted by Gasteiger charge is -2.46. The van der Waals surface area contributed by atoms with Crippen molar-refractivity contribution in [2.24, 2.45) is 0 Å². The van der Waals surface area contributed by atoms with E-state index >= 15 is 0 Å². The van der Waals surface area contributed by atoms with E-state index in [1.807, 2.05) is 0 Å². The maximum atomic E-state index is 14.4. The Labute approximate surface area is 135 Å².